The lowest BCUT2D eigenvalue weighted by Gasteiger charge is -2.33. The molecular formula is C12H22N4O. The standard InChI is InChI=1S/C12H22N4O/c1-4-12(6-8-13-9-7-12)10-14-11(15-17-10)16(3)5-2/h13H,4-9H2,1-3H3. The van der Waals surface area contributed by atoms with Gasteiger partial charge < -0.3 is 14.7 Å². The van der Waals surface area contributed by atoms with Gasteiger partial charge in [-0.1, -0.05) is 6.92 Å². The molecule has 0 spiro atoms. The summed E-state index contributed by atoms with van der Waals surface area (Å²) in [5.41, 5.74) is 0.0884. The Labute approximate surface area is 103 Å². The van der Waals surface area contributed by atoms with Crippen molar-refractivity contribution >= 4 is 5.95 Å². The maximum absolute atomic E-state index is 5.49. The maximum atomic E-state index is 5.49. The second-order valence-electron chi connectivity index (χ2n) is 4.80. The topological polar surface area (TPSA) is 54.2 Å². The van der Waals surface area contributed by atoms with Gasteiger partial charge in [0.15, 0.2) is 0 Å². The van der Waals surface area contributed by atoms with Gasteiger partial charge in [-0.3, -0.25) is 0 Å². The largest absolute Gasteiger partial charge is 0.342 e. The highest BCUT2D eigenvalue weighted by Gasteiger charge is 2.37. The lowest BCUT2D eigenvalue weighted by atomic mass is 9.76. The van der Waals surface area contributed by atoms with E-state index in [1.54, 1.807) is 0 Å². The Hall–Kier alpha value is -1.10. The predicted molar refractivity (Wildman–Crippen MR) is 67.3 cm³/mol. The van der Waals surface area contributed by atoms with Crippen LogP contribution in [0.4, 0.5) is 5.95 Å². The number of rotatable bonds is 4. The van der Waals surface area contributed by atoms with Crippen molar-refractivity contribution in [1.82, 2.24) is 15.5 Å². The molecule has 1 aromatic rings. The molecule has 0 radical (unpaired) electrons. The van der Waals surface area contributed by atoms with Crippen LogP contribution in [0.5, 0.6) is 0 Å². The van der Waals surface area contributed by atoms with E-state index in [4.69, 9.17) is 4.52 Å². The molecule has 5 heteroatoms. The third kappa shape index (κ3) is 2.29. The molecule has 5 nitrogen and oxygen atoms in total. The number of anilines is 1. The van der Waals surface area contributed by atoms with Gasteiger partial charge in [-0.15, -0.1) is 0 Å². The van der Waals surface area contributed by atoms with Crippen molar-refractivity contribution in [1.29, 1.82) is 0 Å². The Morgan fingerprint density at radius 2 is 2.06 bits per heavy atom. The summed E-state index contributed by atoms with van der Waals surface area (Å²) in [6.45, 7) is 7.25. The average Bonchev–Trinajstić information content (AvgIpc) is 2.88. The molecule has 0 amide bonds. The van der Waals surface area contributed by atoms with E-state index in [1.165, 1.54) is 0 Å². The number of hydrogen-bond acceptors (Lipinski definition) is 5. The summed E-state index contributed by atoms with van der Waals surface area (Å²) in [5.74, 6) is 1.52. The summed E-state index contributed by atoms with van der Waals surface area (Å²) < 4.78 is 5.49. The van der Waals surface area contributed by atoms with Gasteiger partial charge in [0.1, 0.15) is 0 Å². The smallest absolute Gasteiger partial charge is 0.265 e. The molecule has 96 valence electrons. The monoisotopic (exact) mass is 238 g/mol. The molecule has 1 fully saturated rings. The van der Waals surface area contributed by atoms with E-state index < -0.39 is 0 Å². The maximum Gasteiger partial charge on any atom is 0.265 e. The van der Waals surface area contributed by atoms with Crippen LogP contribution in [0.15, 0.2) is 4.52 Å². The molecule has 2 rings (SSSR count). The minimum Gasteiger partial charge on any atom is -0.342 e. The van der Waals surface area contributed by atoms with E-state index >= 15 is 0 Å². The first-order valence-corrected chi connectivity index (χ1v) is 6.48. The summed E-state index contributed by atoms with van der Waals surface area (Å²) in [5, 5.41) is 7.46. The van der Waals surface area contributed by atoms with Crippen LogP contribution in [-0.2, 0) is 5.41 Å². The molecule has 0 aromatic carbocycles. The van der Waals surface area contributed by atoms with E-state index in [2.05, 4.69) is 29.3 Å². The van der Waals surface area contributed by atoms with Crippen molar-refractivity contribution in [2.75, 3.05) is 31.6 Å². The average molecular weight is 238 g/mol. The molecule has 17 heavy (non-hydrogen) atoms. The second-order valence-corrected chi connectivity index (χ2v) is 4.80. The quantitative estimate of drug-likeness (QED) is 0.862. The second kappa shape index (κ2) is 5.04. The summed E-state index contributed by atoms with van der Waals surface area (Å²) in [4.78, 5) is 6.57. The molecule has 0 bridgehead atoms. The van der Waals surface area contributed by atoms with Crippen LogP contribution in [0.2, 0.25) is 0 Å². The van der Waals surface area contributed by atoms with Crippen molar-refractivity contribution in [2.45, 2.75) is 38.5 Å². The van der Waals surface area contributed by atoms with Crippen LogP contribution in [0.3, 0.4) is 0 Å². The lowest BCUT2D eigenvalue weighted by Crippen LogP contribution is -2.39. The van der Waals surface area contributed by atoms with Crippen molar-refractivity contribution in [3.63, 3.8) is 0 Å². The third-order valence-corrected chi connectivity index (χ3v) is 3.92. The van der Waals surface area contributed by atoms with Crippen LogP contribution in [0.1, 0.15) is 39.0 Å². The number of nitrogens with one attached hydrogen (secondary N) is 1. The predicted octanol–water partition coefficient (Wildman–Crippen LogP) is 1.56. The Kier molecular flexibility index (Phi) is 3.66. The highest BCUT2D eigenvalue weighted by Crippen LogP contribution is 2.36. The Bertz CT molecular complexity index is 357. The molecule has 1 aliphatic rings. The van der Waals surface area contributed by atoms with Crippen LogP contribution < -0.4 is 10.2 Å². The van der Waals surface area contributed by atoms with E-state index in [0.717, 1.165) is 44.8 Å². The molecule has 2 heterocycles. The van der Waals surface area contributed by atoms with Gasteiger partial charge in [0.05, 0.1) is 5.41 Å². The van der Waals surface area contributed by atoms with Gasteiger partial charge in [0, 0.05) is 13.6 Å². The van der Waals surface area contributed by atoms with E-state index in [-0.39, 0.29) is 5.41 Å². The van der Waals surface area contributed by atoms with Gasteiger partial charge in [0.25, 0.3) is 5.95 Å². The lowest BCUT2D eigenvalue weighted by molar-refractivity contribution is 0.216. The van der Waals surface area contributed by atoms with E-state index in [9.17, 15) is 0 Å². The molecule has 1 N–H and O–H groups in total. The zero-order valence-electron chi connectivity index (χ0n) is 11.0. The number of aromatic nitrogens is 2. The normalized spacial score (nSPS) is 19.2. The Morgan fingerprint density at radius 3 is 2.65 bits per heavy atom. The van der Waals surface area contributed by atoms with Crippen LogP contribution in [-0.4, -0.2) is 36.8 Å². The van der Waals surface area contributed by atoms with Crippen molar-refractivity contribution in [3.8, 4) is 0 Å². The first-order valence-electron chi connectivity index (χ1n) is 6.48. The van der Waals surface area contributed by atoms with Gasteiger partial charge >= 0.3 is 0 Å². The van der Waals surface area contributed by atoms with Crippen LogP contribution in [0, 0.1) is 0 Å². The number of piperidine rings is 1. The summed E-state index contributed by atoms with van der Waals surface area (Å²) in [6, 6.07) is 0. The summed E-state index contributed by atoms with van der Waals surface area (Å²) >= 11 is 0. The fraction of sp³-hybridized carbons (Fsp3) is 0.833. The Balaban J connectivity index is 2.22. The third-order valence-electron chi connectivity index (χ3n) is 3.92. The van der Waals surface area contributed by atoms with Crippen molar-refractivity contribution in [2.24, 2.45) is 0 Å². The van der Waals surface area contributed by atoms with Crippen molar-refractivity contribution in [3.05, 3.63) is 5.89 Å². The van der Waals surface area contributed by atoms with Crippen LogP contribution in [0.25, 0.3) is 0 Å². The van der Waals surface area contributed by atoms with Gasteiger partial charge in [-0.25, -0.2) is 0 Å². The zero-order chi connectivity index (χ0) is 12.3. The molecule has 0 aliphatic carbocycles. The van der Waals surface area contributed by atoms with Crippen LogP contribution >= 0.6 is 0 Å². The molecular weight excluding hydrogens is 216 g/mol. The SMILES string of the molecule is CCN(C)c1noc(C2(CC)CCNCC2)n1. The van der Waals surface area contributed by atoms with Crippen molar-refractivity contribution < 1.29 is 4.52 Å². The molecule has 1 aliphatic heterocycles. The molecule has 1 aromatic heterocycles. The highest BCUT2D eigenvalue weighted by molar-refractivity contribution is 5.27. The number of nitrogens with zero attached hydrogens (tertiary/aromatic N) is 3. The zero-order valence-corrected chi connectivity index (χ0v) is 11.0. The van der Waals surface area contributed by atoms with E-state index in [0.29, 0.717) is 5.95 Å². The highest BCUT2D eigenvalue weighted by atomic mass is 16.5. The fourth-order valence-corrected chi connectivity index (χ4v) is 2.35. The summed E-state index contributed by atoms with van der Waals surface area (Å²) in [6.07, 6.45) is 3.23. The first-order chi connectivity index (χ1) is 8.22. The minimum absolute atomic E-state index is 0.0884. The van der Waals surface area contributed by atoms with E-state index in [1.807, 2.05) is 11.9 Å². The minimum atomic E-state index is 0.0884. The van der Waals surface area contributed by atoms with Gasteiger partial charge in [0.2, 0.25) is 5.89 Å². The number of hydrogen-bond donors (Lipinski definition) is 1. The molecule has 0 unspecified atom stereocenters. The van der Waals surface area contributed by atoms with Gasteiger partial charge in [-0.2, -0.15) is 4.98 Å². The Morgan fingerprint density at radius 1 is 1.35 bits per heavy atom. The first kappa shape index (κ1) is 12.4. The fourth-order valence-electron chi connectivity index (χ4n) is 2.35. The summed E-state index contributed by atoms with van der Waals surface area (Å²) in [7, 11) is 1.98. The molecule has 1 saturated heterocycles. The van der Waals surface area contributed by atoms with Gasteiger partial charge in [-0.05, 0) is 44.4 Å². The molecule has 0 atom stereocenters. The molecule has 0 saturated carbocycles.